The summed E-state index contributed by atoms with van der Waals surface area (Å²) in [6, 6.07) is 0. The third-order valence-electron chi connectivity index (χ3n) is 2.29. The van der Waals surface area contributed by atoms with E-state index in [1.54, 1.807) is 11.9 Å². The second-order valence-electron chi connectivity index (χ2n) is 4.98. The van der Waals surface area contributed by atoms with Gasteiger partial charge in [-0.2, -0.15) is 0 Å². The van der Waals surface area contributed by atoms with Crippen LogP contribution in [0.25, 0.3) is 0 Å². The van der Waals surface area contributed by atoms with Gasteiger partial charge in [-0.25, -0.2) is 4.98 Å². The van der Waals surface area contributed by atoms with Gasteiger partial charge in [0.1, 0.15) is 5.82 Å². The number of nitrogens with zero attached hydrogens (tertiary/aromatic N) is 3. The molecule has 0 aliphatic rings. The Morgan fingerprint density at radius 2 is 2.06 bits per heavy atom. The SMILES string of the molecule is CCCN(C)C(=O)c1n[nH]c(C(C)(C)C)n1. The van der Waals surface area contributed by atoms with Crippen LogP contribution in [0.1, 0.15) is 50.6 Å². The van der Waals surface area contributed by atoms with Gasteiger partial charge in [-0.15, -0.1) is 5.10 Å². The van der Waals surface area contributed by atoms with E-state index in [-0.39, 0.29) is 17.1 Å². The molecule has 5 heteroatoms. The molecule has 1 aromatic rings. The van der Waals surface area contributed by atoms with Crippen LogP contribution in [0.15, 0.2) is 0 Å². The Balaban J connectivity index is 2.82. The summed E-state index contributed by atoms with van der Waals surface area (Å²) >= 11 is 0. The fourth-order valence-corrected chi connectivity index (χ4v) is 1.30. The third-order valence-corrected chi connectivity index (χ3v) is 2.29. The minimum absolute atomic E-state index is 0.116. The second kappa shape index (κ2) is 4.63. The average molecular weight is 224 g/mol. The van der Waals surface area contributed by atoms with E-state index in [0.717, 1.165) is 18.8 Å². The highest BCUT2D eigenvalue weighted by Gasteiger charge is 2.22. The maximum Gasteiger partial charge on any atom is 0.293 e. The maximum atomic E-state index is 11.9. The zero-order chi connectivity index (χ0) is 12.3. The number of amides is 1. The summed E-state index contributed by atoms with van der Waals surface area (Å²) in [7, 11) is 1.76. The number of hydrogen-bond donors (Lipinski definition) is 1. The van der Waals surface area contributed by atoms with Crippen LogP contribution in [0.5, 0.6) is 0 Å². The Kier molecular flexibility index (Phi) is 3.67. The van der Waals surface area contributed by atoms with Crippen molar-refractivity contribution in [2.75, 3.05) is 13.6 Å². The van der Waals surface area contributed by atoms with Gasteiger partial charge in [-0.05, 0) is 6.42 Å². The standard InChI is InChI=1S/C11H20N4O/c1-6-7-15(5)9(16)8-12-10(14-13-8)11(2,3)4/h6-7H2,1-5H3,(H,12,13,14). The third kappa shape index (κ3) is 2.81. The fourth-order valence-electron chi connectivity index (χ4n) is 1.30. The molecule has 0 aromatic carbocycles. The van der Waals surface area contributed by atoms with Crippen molar-refractivity contribution in [3.8, 4) is 0 Å². The van der Waals surface area contributed by atoms with E-state index in [2.05, 4.69) is 15.2 Å². The molecule has 1 aromatic heterocycles. The molecular formula is C11H20N4O. The molecule has 0 saturated heterocycles. The van der Waals surface area contributed by atoms with Crippen molar-refractivity contribution < 1.29 is 4.79 Å². The van der Waals surface area contributed by atoms with Crippen LogP contribution < -0.4 is 0 Å². The van der Waals surface area contributed by atoms with E-state index in [1.807, 2.05) is 27.7 Å². The van der Waals surface area contributed by atoms with Gasteiger partial charge in [0.25, 0.3) is 5.91 Å². The molecule has 0 aliphatic heterocycles. The zero-order valence-corrected chi connectivity index (χ0v) is 10.7. The van der Waals surface area contributed by atoms with Gasteiger partial charge in [0.05, 0.1) is 0 Å². The van der Waals surface area contributed by atoms with E-state index in [9.17, 15) is 4.79 Å². The van der Waals surface area contributed by atoms with Crippen molar-refractivity contribution in [3.63, 3.8) is 0 Å². The van der Waals surface area contributed by atoms with E-state index >= 15 is 0 Å². The predicted octanol–water partition coefficient (Wildman–Crippen LogP) is 1.58. The lowest BCUT2D eigenvalue weighted by molar-refractivity contribution is 0.0783. The van der Waals surface area contributed by atoms with Crippen molar-refractivity contribution in [2.45, 2.75) is 39.5 Å². The molecule has 0 saturated carbocycles. The predicted molar refractivity (Wildman–Crippen MR) is 62.3 cm³/mol. The topological polar surface area (TPSA) is 61.9 Å². The minimum atomic E-state index is -0.131. The first-order valence-electron chi connectivity index (χ1n) is 5.54. The van der Waals surface area contributed by atoms with Crippen molar-refractivity contribution in [3.05, 3.63) is 11.6 Å². The first kappa shape index (κ1) is 12.7. The molecule has 0 fully saturated rings. The monoisotopic (exact) mass is 224 g/mol. The normalized spacial score (nSPS) is 11.6. The largest absolute Gasteiger partial charge is 0.339 e. The molecule has 1 N–H and O–H groups in total. The minimum Gasteiger partial charge on any atom is -0.339 e. The number of nitrogens with one attached hydrogen (secondary N) is 1. The van der Waals surface area contributed by atoms with Crippen molar-refractivity contribution in [2.24, 2.45) is 0 Å². The van der Waals surface area contributed by atoms with Gasteiger partial charge >= 0.3 is 0 Å². The Morgan fingerprint density at radius 3 is 2.50 bits per heavy atom. The summed E-state index contributed by atoms with van der Waals surface area (Å²) < 4.78 is 0. The van der Waals surface area contributed by atoms with E-state index < -0.39 is 0 Å². The highest BCUT2D eigenvalue weighted by atomic mass is 16.2. The molecule has 1 amide bonds. The number of aromatic nitrogens is 3. The number of rotatable bonds is 3. The van der Waals surface area contributed by atoms with Crippen LogP contribution in [0.2, 0.25) is 0 Å². The second-order valence-corrected chi connectivity index (χ2v) is 4.98. The van der Waals surface area contributed by atoms with Crippen molar-refractivity contribution in [1.29, 1.82) is 0 Å². The van der Waals surface area contributed by atoms with Crippen LogP contribution >= 0.6 is 0 Å². The van der Waals surface area contributed by atoms with Gasteiger partial charge in [-0.3, -0.25) is 9.89 Å². The molecule has 16 heavy (non-hydrogen) atoms. The van der Waals surface area contributed by atoms with Gasteiger partial charge in [0.15, 0.2) is 0 Å². The van der Waals surface area contributed by atoms with Gasteiger partial charge in [0.2, 0.25) is 5.82 Å². The van der Waals surface area contributed by atoms with Gasteiger partial charge in [-0.1, -0.05) is 27.7 Å². The fraction of sp³-hybridized carbons (Fsp3) is 0.727. The molecule has 0 aliphatic carbocycles. The average Bonchev–Trinajstić information content (AvgIpc) is 2.65. The molecule has 90 valence electrons. The smallest absolute Gasteiger partial charge is 0.293 e. The molecule has 0 radical (unpaired) electrons. The highest BCUT2D eigenvalue weighted by molar-refractivity contribution is 5.90. The van der Waals surface area contributed by atoms with Crippen LogP contribution in [-0.4, -0.2) is 39.6 Å². The number of carbonyl (C=O) groups is 1. The van der Waals surface area contributed by atoms with Crippen LogP contribution in [0, 0.1) is 0 Å². The summed E-state index contributed by atoms with van der Waals surface area (Å²) in [6.07, 6.45) is 0.929. The summed E-state index contributed by atoms with van der Waals surface area (Å²) in [5, 5.41) is 6.77. The van der Waals surface area contributed by atoms with E-state index in [1.165, 1.54) is 0 Å². The first-order chi connectivity index (χ1) is 7.36. The van der Waals surface area contributed by atoms with Crippen LogP contribution in [0.3, 0.4) is 0 Å². The quantitative estimate of drug-likeness (QED) is 0.848. The molecular weight excluding hydrogens is 204 g/mol. The van der Waals surface area contributed by atoms with Gasteiger partial charge in [0, 0.05) is 19.0 Å². The van der Waals surface area contributed by atoms with Crippen LogP contribution in [0.4, 0.5) is 0 Å². The Morgan fingerprint density at radius 1 is 1.44 bits per heavy atom. The molecule has 0 atom stereocenters. The number of carbonyl (C=O) groups excluding carboxylic acids is 1. The lowest BCUT2D eigenvalue weighted by atomic mass is 9.96. The molecule has 1 heterocycles. The Hall–Kier alpha value is -1.39. The Bertz CT molecular complexity index is 364. The van der Waals surface area contributed by atoms with Crippen LogP contribution in [-0.2, 0) is 5.41 Å². The molecule has 0 bridgehead atoms. The maximum absolute atomic E-state index is 11.9. The summed E-state index contributed by atoms with van der Waals surface area (Å²) in [5.74, 6) is 0.857. The summed E-state index contributed by atoms with van der Waals surface area (Å²) in [5.41, 5.74) is -0.116. The molecule has 0 unspecified atom stereocenters. The lowest BCUT2D eigenvalue weighted by Crippen LogP contribution is -2.28. The highest BCUT2D eigenvalue weighted by Crippen LogP contribution is 2.17. The van der Waals surface area contributed by atoms with Gasteiger partial charge < -0.3 is 4.90 Å². The lowest BCUT2D eigenvalue weighted by Gasteiger charge is -2.14. The molecule has 1 rings (SSSR count). The van der Waals surface area contributed by atoms with Crippen molar-refractivity contribution >= 4 is 5.91 Å². The zero-order valence-electron chi connectivity index (χ0n) is 10.7. The Labute approximate surface area is 96.3 Å². The van der Waals surface area contributed by atoms with E-state index in [0.29, 0.717) is 0 Å². The number of aromatic amines is 1. The first-order valence-corrected chi connectivity index (χ1v) is 5.54. The van der Waals surface area contributed by atoms with Crippen molar-refractivity contribution in [1.82, 2.24) is 20.1 Å². The number of hydrogen-bond acceptors (Lipinski definition) is 3. The molecule has 5 nitrogen and oxygen atoms in total. The summed E-state index contributed by atoms with van der Waals surface area (Å²) in [6.45, 7) is 8.83. The summed E-state index contributed by atoms with van der Waals surface area (Å²) in [4.78, 5) is 17.7. The number of H-pyrrole nitrogens is 1. The molecule has 0 spiro atoms. The van der Waals surface area contributed by atoms with E-state index in [4.69, 9.17) is 0 Å².